The van der Waals surface area contributed by atoms with E-state index < -0.39 is 0 Å². The van der Waals surface area contributed by atoms with Gasteiger partial charge in [-0.3, -0.25) is 14.9 Å². The molecule has 0 bridgehead atoms. The molecule has 1 fully saturated rings. The smallest absolute Gasteiger partial charge is 0.258 e. The number of aromatic nitrogens is 3. The first-order valence-corrected chi connectivity index (χ1v) is 9.77. The summed E-state index contributed by atoms with van der Waals surface area (Å²) in [5, 5.41) is 12.8. The number of nitrogens with one attached hydrogen (secondary N) is 3. The second-order valence-electron chi connectivity index (χ2n) is 6.91. The summed E-state index contributed by atoms with van der Waals surface area (Å²) in [4.78, 5) is 22.8. The molecule has 1 saturated heterocycles. The maximum absolute atomic E-state index is 13.3. The van der Waals surface area contributed by atoms with Gasteiger partial charge in [0.15, 0.2) is 5.82 Å². The molecular formula is C21H22FN7O2. The second kappa shape index (κ2) is 9.35. The molecule has 0 saturated carbocycles. The van der Waals surface area contributed by atoms with Crippen LogP contribution in [-0.2, 0) is 11.3 Å². The lowest BCUT2D eigenvalue weighted by molar-refractivity contribution is 0.102. The van der Waals surface area contributed by atoms with E-state index in [9.17, 15) is 9.18 Å². The van der Waals surface area contributed by atoms with Crippen molar-refractivity contribution in [2.24, 2.45) is 4.99 Å². The first kappa shape index (κ1) is 20.5. The number of halogens is 1. The summed E-state index contributed by atoms with van der Waals surface area (Å²) in [6.07, 6.45) is 1.55. The zero-order valence-electron chi connectivity index (χ0n) is 16.8. The van der Waals surface area contributed by atoms with Gasteiger partial charge in [-0.1, -0.05) is 0 Å². The summed E-state index contributed by atoms with van der Waals surface area (Å²) in [6, 6.07) is 9.51. The number of ether oxygens (including phenoxy) is 1. The van der Waals surface area contributed by atoms with E-state index in [0.29, 0.717) is 42.5 Å². The number of carbonyl (C=O) groups excluding carboxylic acids is 1. The molecule has 2 aromatic heterocycles. The third kappa shape index (κ3) is 5.04. The van der Waals surface area contributed by atoms with Crippen LogP contribution < -0.4 is 15.5 Å². The van der Waals surface area contributed by atoms with E-state index in [1.165, 1.54) is 12.1 Å². The number of hydrogen-bond donors (Lipinski definition) is 3. The Kier molecular flexibility index (Phi) is 6.18. The van der Waals surface area contributed by atoms with Crippen LogP contribution in [0.25, 0.3) is 0 Å². The largest absolute Gasteiger partial charge is 0.378 e. The topological polar surface area (TPSA) is 108 Å². The third-order valence-corrected chi connectivity index (χ3v) is 4.82. The number of carbonyl (C=O) groups is 1. The molecule has 1 amide bonds. The Balaban J connectivity index is 1.34. The highest BCUT2D eigenvalue weighted by atomic mass is 19.1. The molecule has 1 aromatic carbocycles. The molecule has 0 atom stereocenters. The fourth-order valence-corrected chi connectivity index (χ4v) is 3.18. The van der Waals surface area contributed by atoms with Crippen LogP contribution in [0, 0.1) is 5.82 Å². The number of benzene rings is 1. The number of hydrogen-bond acceptors (Lipinski definition) is 7. The van der Waals surface area contributed by atoms with Crippen molar-refractivity contribution in [3.05, 3.63) is 59.7 Å². The Hall–Kier alpha value is -3.79. The molecule has 9 nitrogen and oxygen atoms in total. The van der Waals surface area contributed by atoms with Crippen LogP contribution in [0.5, 0.6) is 0 Å². The predicted molar refractivity (Wildman–Crippen MR) is 117 cm³/mol. The van der Waals surface area contributed by atoms with Crippen LogP contribution >= 0.6 is 0 Å². The third-order valence-electron chi connectivity index (χ3n) is 4.82. The van der Waals surface area contributed by atoms with Crippen molar-refractivity contribution in [3.8, 4) is 0 Å². The molecule has 160 valence electrons. The van der Waals surface area contributed by atoms with E-state index in [4.69, 9.17) is 4.74 Å². The summed E-state index contributed by atoms with van der Waals surface area (Å²) >= 11 is 0. The monoisotopic (exact) mass is 423 g/mol. The van der Waals surface area contributed by atoms with Crippen LogP contribution in [0.4, 0.5) is 27.4 Å². The average molecular weight is 423 g/mol. The lowest BCUT2D eigenvalue weighted by Gasteiger charge is -2.27. The normalized spacial score (nSPS) is 13.6. The number of H-pyrrole nitrogens is 1. The van der Waals surface area contributed by atoms with Gasteiger partial charge >= 0.3 is 0 Å². The molecule has 4 rings (SSSR count). The first-order chi connectivity index (χ1) is 15.1. The Morgan fingerprint density at radius 1 is 1.26 bits per heavy atom. The SMILES string of the molecule is C=Nc1cc(F)ccc1NCc1cc(NC(=O)c2ccc(N3CCOCC3)nc2)n[nH]1. The number of aliphatic imine (C=N–C) groups is 1. The predicted octanol–water partition coefficient (Wildman–Crippen LogP) is 2.98. The van der Waals surface area contributed by atoms with E-state index >= 15 is 0 Å². The van der Waals surface area contributed by atoms with Crippen molar-refractivity contribution in [3.63, 3.8) is 0 Å². The summed E-state index contributed by atoms with van der Waals surface area (Å²) in [7, 11) is 0. The van der Waals surface area contributed by atoms with E-state index in [1.807, 2.05) is 6.07 Å². The Morgan fingerprint density at radius 2 is 2.10 bits per heavy atom. The van der Waals surface area contributed by atoms with Gasteiger partial charge in [0.1, 0.15) is 11.6 Å². The standard InChI is InChI=1S/C21H22FN7O2/c1-23-18-10-15(22)3-4-17(18)24-13-16-11-19(28-27-16)26-21(30)14-2-5-20(25-12-14)29-6-8-31-9-7-29/h2-5,10-12,24H,1,6-9,13H2,(H2,26,27,28,30). The zero-order chi connectivity index (χ0) is 21.6. The average Bonchev–Trinajstić information content (AvgIpc) is 3.26. The number of pyridine rings is 1. The van der Waals surface area contributed by atoms with Gasteiger partial charge in [-0.2, -0.15) is 5.10 Å². The second-order valence-corrected chi connectivity index (χ2v) is 6.91. The summed E-state index contributed by atoms with van der Waals surface area (Å²) in [5.41, 5.74) is 2.23. The first-order valence-electron chi connectivity index (χ1n) is 9.77. The van der Waals surface area contributed by atoms with Crippen LogP contribution in [0.3, 0.4) is 0 Å². The van der Waals surface area contributed by atoms with E-state index in [1.54, 1.807) is 24.4 Å². The number of anilines is 3. The Bertz CT molecular complexity index is 1060. The highest BCUT2D eigenvalue weighted by molar-refractivity contribution is 6.03. The number of amides is 1. The number of aromatic amines is 1. The van der Waals surface area contributed by atoms with Gasteiger partial charge in [0.2, 0.25) is 0 Å². The maximum Gasteiger partial charge on any atom is 0.258 e. The molecule has 3 N–H and O–H groups in total. The van der Waals surface area contributed by atoms with Crippen molar-refractivity contribution in [2.45, 2.75) is 6.54 Å². The van der Waals surface area contributed by atoms with E-state index in [0.717, 1.165) is 24.6 Å². The van der Waals surface area contributed by atoms with Crippen molar-refractivity contribution < 1.29 is 13.9 Å². The molecule has 31 heavy (non-hydrogen) atoms. The lowest BCUT2D eigenvalue weighted by Crippen LogP contribution is -2.36. The van der Waals surface area contributed by atoms with Crippen molar-refractivity contribution in [1.29, 1.82) is 0 Å². The van der Waals surface area contributed by atoms with Gasteiger partial charge in [-0.05, 0) is 31.0 Å². The fourth-order valence-electron chi connectivity index (χ4n) is 3.18. The van der Waals surface area contributed by atoms with Gasteiger partial charge in [-0.25, -0.2) is 9.37 Å². The van der Waals surface area contributed by atoms with Gasteiger partial charge in [-0.15, -0.1) is 0 Å². The van der Waals surface area contributed by atoms with Crippen LogP contribution in [0.2, 0.25) is 0 Å². The van der Waals surface area contributed by atoms with E-state index in [2.05, 4.69) is 42.4 Å². The Labute approximate surface area is 178 Å². The summed E-state index contributed by atoms with van der Waals surface area (Å²) in [5.74, 6) is 0.526. The van der Waals surface area contributed by atoms with Crippen molar-refractivity contribution >= 4 is 35.6 Å². The zero-order valence-corrected chi connectivity index (χ0v) is 16.8. The molecule has 1 aliphatic heterocycles. The van der Waals surface area contributed by atoms with Crippen LogP contribution in [0.15, 0.2) is 47.6 Å². The van der Waals surface area contributed by atoms with E-state index in [-0.39, 0.29) is 11.7 Å². The van der Waals surface area contributed by atoms with Crippen molar-refractivity contribution in [1.82, 2.24) is 15.2 Å². The molecular weight excluding hydrogens is 401 g/mol. The molecule has 3 heterocycles. The summed E-state index contributed by atoms with van der Waals surface area (Å²) < 4.78 is 18.6. The lowest BCUT2D eigenvalue weighted by atomic mass is 10.2. The molecule has 10 heteroatoms. The van der Waals surface area contributed by atoms with Crippen LogP contribution in [0.1, 0.15) is 16.1 Å². The highest BCUT2D eigenvalue weighted by Crippen LogP contribution is 2.25. The van der Waals surface area contributed by atoms with Gasteiger partial charge in [0.05, 0.1) is 42.4 Å². The number of nitrogens with zero attached hydrogens (tertiary/aromatic N) is 4. The molecule has 0 radical (unpaired) electrons. The van der Waals surface area contributed by atoms with Gasteiger partial charge in [0.25, 0.3) is 5.91 Å². The summed E-state index contributed by atoms with van der Waals surface area (Å²) in [6.45, 7) is 6.74. The molecule has 3 aromatic rings. The van der Waals surface area contributed by atoms with Gasteiger partial charge < -0.3 is 20.3 Å². The minimum absolute atomic E-state index is 0.302. The molecule has 0 aliphatic carbocycles. The highest BCUT2D eigenvalue weighted by Gasteiger charge is 2.14. The van der Waals surface area contributed by atoms with Gasteiger partial charge in [0, 0.05) is 31.4 Å². The minimum atomic E-state index is -0.382. The molecule has 0 unspecified atom stereocenters. The number of rotatable bonds is 7. The van der Waals surface area contributed by atoms with Crippen LogP contribution in [-0.4, -0.2) is 54.1 Å². The maximum atomic E-state index is 13.3. The quantitative estimate of drug-likeness (QED) is 0.505. The fraction of sp³-hybridized carbons (Fsp3) is 0.238. The molecule has 0 spiro atoms. The van der Waals surface area contributed by atoms with Crippen molar-refractivity contribution in [2.75, 3.05) is 41.8 Å². The minimum Gasteiger partial charge on any atom is -0.378 e. The molecule has 1 aliphatic rings. The number of morpholine rings is 1. The Morgan fingerprint density at radius 3 is 2.84 bits per heavy atom.